The standard InChI is InChI=1S/C6H14N2/c1-4-5(2)6(3)8-7/h5H,4,7H2,1-3H3/b8-6+. The molecular formula is C6H14N2. The predicted molar refractivity (Wildman–Crippen MR) is 36.8 cm³/mol. The van der Waals surface area contributed by atoms with Gasteiger partial charge in [-0.2, -0.15) is 5.10 Å². The lowest BCUT2D eigenvalue weighted by molar-refractivity contribution is 0.732. The van der Waals surface area contributed by atoms with Crippen LogP contribution in [-0.2, 0) is 0 Å². The van der Waals surface area contributed by atoms with Gasteiger partial charge in [0.25, 0.3) is 0 Å². The molecule has 8 heavy (non-hydrogen) atoms. The highest BCUT2D eigenvalue weighted by Gasteiger charge is 1.99. The SMILES string of the molecule is CCC(C)/C(C)=N/N. The molecule has 0 aliphatic carbocycles. The number of nitrogens with two attached hydrogens (primary N) is 1. The second-order valence-corrected chi connectivity index (χ2v) is 2.08. The second kappa shape index (κ2) is 3.47. The molecule has 0 amide bonds. The van der Waals surface area contributed by atoms with Crippen LogP contribution in [0.25, 0.3) is 0 Å². The number of nitrogens with zero attached hydrogens (tertiary/aromatic N) is 1. The molecule has 2 nitrogen and oxygen atoms in total. The van der Waals surface area contributed by atoms with Crippen LogP contribution in [0, 0.1) is 5.92 Å². The Hall–Kier alpha value is -0.530. The van der Waals surface area contributed by atoms with Gasteiger partial charge in [0.15, 0.2) is 0 Å². The van der Waals surface area contributed by atoms with Gasteiger partial charge in [0.05, 0.1) is 0 Å². The molecule has 0 saturated heterocycles. The normalized spacial score (nSPS) is 16.1. The maximum atomic E-state index is 5.04. The van der Waals surface area contributed by atoms with Gasteiger partial charge in [-0.05, 0) is 19.3 Å². The highest BCUT2D eigenvalue weighted by atomic mass is 15.1. The number of hydrogen-bond donors (Lipinski definition) is 1. The molecule has 0 bridgehead atoms. The molecule has 2 N–H and O–H groups in total. The van der Waals surface area contributed by atoms with E-state index in [0.29, 0.717) is 5.92 Å². The molecule has 0 heterocycles. The van der Waals surface area contributed by atoms with Crippen LogP contribution in [0.3, 0.4) is 0 Å². The molecule has 0 aliphatic heterocycles. The molecule has 0 aliphatic rings. The maximum absolute atomic E-state index is 5.04. The van der Waals surface area contributed by atoms with Crippen molar-refractivity contribution < 1.29 is 0 Å². The summed E-state index contributed by atoms with van der Waals surface area (Å²) in [5.41, 5.74) is 1.03. The van der Waals surface area contributed by atoms with Crippen LogP contribution in [0.5, 0.6) is 0 Å². The Morgan fingerprint density at radius 2 is 2.25 bits per heavy atom. The zero-order valence-electron chi connectivity index (χ0n) is 5.81. The topological polar surface area (TPSA) is 38.4 Å². The average Bonchev–Trinajstić information content (AvgIpc) is 1.84. The van der Waals surface area contributed by atoms with E-state index in [1.54, 1.807) is 0 Å². The fourth-order valence-corrected chi connectivity index (χ4v) is 0.423. The quantitative estimate of drug-likeness (QED) is 0.328. The monoisotopic (exact) mass is 114 g/mol. The summed E-state index contributed by atoms with van der Waals surface area (Å²) in [6, 6.07) is 0. The van der Waals surface area contributed by atoms with Crippen molar-refractivity contribution in [1.29, 1.82) is 0 Å². The first kappa shape index (κ1) is 7.47. The van der Waals surface area contributed by atoms with E-state index in [1.165, 1.54) is 0 Å². The van der Waals surface area contributed by atoms with Gasteiger partial charge in [-0.15, -0.1) is 0 Å². The molecule has 0 spiro atoms. The van der Waals surface area contributed by atoms with Crippen LogP contribution in [0.15, 0.2) is 5.10 Å². The minimum Gasteiger partial charge on any atom is -0.323 e. The highest BCUT2D eigenvalue weighted by molar-refractivity contribution is 5.83. The summed E-state index contributed by atoms with van der Waals surface area (Å²) in [5.74, 6) is 5.58. The molecule has 0 radical (unpaired) electrons. The van der Waals surface area contributed by atoms with Gasteiger partial charge in [-0.1, -0.05) is 13.8 Å². The van der Waals surface area contributed by atoms with Crippen LogP contribution >= 0.6 is 0 Å². The van der Waals surface area contributed by atoms with Gasteiger partial charge in [0.1, 0.15) is 0 Å². The molecule has 0 aromatic heterocycles. The molecule has 1 atom stereocenters. The Balaban J connectivity index is 3.63. The van der Waals surface area contributed by atoms with Gasteiger partial charge < -0.3 is 5.84 Å². The molecule has 0 rings (SSSR count). The first-order valence-corrected chi connectivity index (χ1v) is 2.96. The summed E-state index contributed by atoms with van der Waals surface area (Å²) < 4.78 is 0. The summed E-state index contributed by atoms with van der Waals surface area (Å²) in [4.78, 5) is 0. The van der Waals surface area contributed by atoms with Crippen molar-refractivity contribution >= 4 is 5.71 Å². The third-order valence-corrected chi connectivity index (χ3v) is 1.53. The first-order valence-electron chi connectivity index (χ1n) is 2.96. The Kier molecular flexibility index (Phi) is 3.24. The lowest BCUT2D eigenvalue weighted by Crippen LogP contribution is -2.07. The van der Waals surface area contributed by atoms with Crippen molar-refractivity contribution in [2.45, 2.75) is 27.2 Å². The van der Waals surface area contributed by atoms with Gasteiger partial charge in [0, 0.05) is 5.71 Å². The number of hydrazone groups is 1. The van der Waals surface area contributed by atoms with Crippen LogP contribution in [0.1, 0.15) is 27.2 Å². The van der Waals surface area contributed by atoms with Crippen molar-refractivity contribution in [1.82, 2.24) is 0 Å². The van der Waals surface area contributed by atoms with E-state index < -0.39 is 0 Å². The third kappa shape index (κ3) is 1.96. The van der Waals surface area contributed by atoms with E-state index in [4.69, 9.17) is 5.84 Å². The van der Waals surface area contributed by atoms with Crippen LogP contribution in [0.2, 0.25) is 0 Å². The van der Waals surface area contributed by atoms with Crippen LogP contribution in [0.4, 0.5) is 0 Å². The summed E-state index contributed by atoms with van der Waals surface area (Å²) in [6.45, 7) is 6.19. The maximum Gasteiger partial charge on any atom is 0.0373 e. The minimum absolute atomic E-state index is 0.542. The smallest absolute Gasteiger partial charge is 0.0373 e. The van der Waals surface area contributed by atoms with Gasteiger partial charge in [-0.25, -0.2) is 0 Å². The Labute approximate surface area is 50.8 Å². The molecule has 0 saturated carbocycles. The molecule has 2 heteroatoms. The Morgan fingerprint density at radius 1 is 1.75 bits per heavy atom. The zero-order valence-corrected chi connectivity index (χ0v) is 5.81. The highest BCUT2D eigenvalue weighted by Crippen LogP contribution is 2.01. The fraction of sp³-hybridized carbons (Fsp3) is 0.833. The molecule has 0 aromatic carbocycles. The lowest BCUT2D eigenvalue weighted by Gasteiger charge is -2.03. The van der Waals surface area contributed by atoms with E-state index in [-0.39, 0.29) is 0 Å². The lowest BCUT2D eigenvalue weighted by atomic mass is 10.1. The van der Waals surface area contributed by atoms with E-state index in [2.05, 4.69) is 18.9 Å². The van der Waals surface area contributed by atoms with Crippen molar-refractivity contribution in [3.05, 3.63) is 0 Å². The van der Waals surface area contributed by atoms with Gasteiger partial charge in [0.2, 0.25) is 0 Å². The predicted octanol–water partition coefficient (Wildman–Crippen LogP) is 1.37. The Bertz CT molecular complexity index is 86.5. The van der Waals surface area contributed by atoms with Crippen molar-refractivity contribution in [3.63, 3.8) is 0 Å². The number of rotatable bonds is 2. The molecule has 0 aromatic rings. The van der Waals surface area contributed by atoms with E-state index in [1.807, 2.05) is 6.92 Å². The van der Waals surface area contributed by atoms with Gasteiger partial charge >= 0.3 is 0 Å². The molecular weight excluding hydrogens is 100 g/mol. The molecule has 48 valence electrons. The van der Waals surface area contributed by atoms with Gasteiger partial charge in [-0.3, -0.25) is 0 Å². The zero-order chi connectivity index (χ0) is 6.57. The summed E-state index contributed by atoms with van der Waals surface area (Å²) in [6.07, 6.45) is 1.12. The fourth-order valence-electron chi connectivity index (χ4n) is 0.423. The summed E-state index contributed by atoms with van der Waals surface area (Å²) in [7, 11) is 0. The Morgan fingerprint density at radius 3 is 2.38 bits per heavy atom. The number of hydrogen-bond acceptors (Lipinski definition) is 2. The molecule has 0 fully saturated rings. The van der Waals surface area contributed by atoms with Crippen molar-refractivity contribution in [2.75, 3.05) is 0 Å². The van der Waals surface area contributed by atoms with E-state index >= 15 is 0 Å². The van der Waals surface area contributed by atoms with E-state index in [9.17, 15) is 0 Å². The van der Waals surface area contributed by atoms with Crippen molar-refractivity contribution in [3.8, 4) is 0 Å². The van der Waals surface area contributed by atoms with Crippen LogP contribution in [-0.4, -0.2) is 5.71 Å². The summed E-state index contributed by atoms with van der Waals surface area (Å²) >= 11 is 0. The first-order chi connectivity index (χ1) is 3.72. The van der Waals surface area contributed by atoms with E-state index in [0.717, 1.165) is 12.1 Å². The minimum atomic E-state index is 0.542. The second-order valence-electron chi connectivity index (χ2n) is 2.08. The van der Waals surface area contributed by atoms with Crippen LogP contribution < -0.4 is 5.84 Å². The largest absolute Gasteiger partial charge is 0.323 e. The average molecular weight is 114 g/mol. The molecule has 1 unspecified atom stereocenters. The van der Waals surface area contributed by atoms with Crippen molar-refractivity contribution in [2.24, 2.45) is 16.9 Å². The summed E-state index contributed by atoms with van der Waals surface area (Å²) in [5, 5.41) is 3.58. The third-order valence-electron chi connectivity index (χ3n) is 1.53.